The molecule has 1 N–H and O–H groups in total. The fourth-order valence-electron chi connectivity index (χ4n) is 4.78. The second-order valence-electron chi connectivity index (χ2n) is 11.0. The van der Waals surface area contributed by atoms with E-state index < -0.39 is 16.1 Å². The molecule has 1 fully saturated rings. The summed E-state index contributed by atoms with van der Waals surface area (Å²) in [5.74, 6) is 0.631. The summed E-state index contributed by atoms with van der Waals surface area (Å²) >= 11 is 0. The van der Waals surface area contributed by atoms with Crippen molar-refractivity contribution in [2.24, 2.45) is 5.92 Å². The standard InChI is InChI=1S/C33H41N3O7S/c1-25(2)22-34-33(38)31(21-26-7-5-4-6-8-26)36(23-27-9-11-28(41-3)12-10-27)32(37)24-43-29-13-15-30(16-14-29)44(39,40)35-17-19-42-20-18-35/h4-16,25,31H,17-24H2,1-3H3,(H,34,38)/t31-/m1/s1. The maximum Gasteiger partial charge on any atom is 0.261 e. The number of sulfonamides is 1. The quantitative estimate of drug-likeness (QED) is 0.292. The van der Waals surface area contributed by atoms with Gasteiger partial charge in [-0.25, -0.2) is 8.42 Å². The zero-order valence-electron chi connectivity index (χ0n) is 25.5. The monoisotopic (exact) mass is 623 g/mol. The van der Waals surface area contributed by atoms with Crippen LogP contribution in [0.5, 0.6) is 11.5 Å². The molecule has 0 spiro atoms. The molecule has 10 nitrogen and oxygen atoms in total. The Morgan fingerprint density at radius 1 is 0.909 bits per heavy atom. The van der Waals surface area contributed by atoms with Gasteiger partial charge in [0.15, 0.2) is 6.61 Å². The van der Waals surface area contributed by atoms with E-state index in [-0.39, 0.29) is 35.8 Å². The van der Waals surface area contributed by atoms with Crippen LogP contribution in [-0.4, -0.2) is 82.0 Å². The highest BCUT2D eigenvalue weighted by atomic mass is 32.2. The van der Waals surface area contributed by atoms with Crippen molar-refractivity contribution in [1.29, 1.82) is 0 Å². The van der Waals surface area contributed by atoms with Crippen LogP contribution in [0.4, 0.5) is 0 Å². The van der Waals surface area contributed by atoms with E-state index in [1.807, 2.05) is 68.4 Å². The lowest BCUT2D eigenvalue weighted by molar-refractivity contribution is -0.142. The highest BCUT2D eigenvalue weighted by molar-refractivity contribution is 7.89. The molecule has 0 unspecified atom stereocenters. The number of hydrogen-bond donors (Lipinski definition) is 1. The van der Waals surface area contributed by atoms with Crippen LogP contribution in [0.25, 0.3) is 0 Å². The van der Waals surface area contributed by atoms with Gasteiger partial charge in [0.1, 0.15) is 17.5 Å². The second-order valence-corrected chi connectivity index (χ2v) is 12.9. The lowest BCUT2D eigenvalue weighted by Crippen LogP contribution is -2.52. The lowest BCUT2D eigenvalue weighted by Gasteiger charge is -2.31. The van der Waals surface area contributed by atoms with Gasteiger partial charge in [-0.3, -0.25) is 9.59 Å². The van der Waals surface area contributed by atoms with Gasteiger partial charge in [0, 0.05) is 32.6 Å². The number of hydrogen-bond acceptors (Lipinski definition) is 7. The zero-order chi connectivity index (χ0) is 31.5. The van der Waals surface area contributed by atoms with E-state index in [4.69, 9.17) is 14.2 Å². The van der Waals surface area contributed by atoms with Crippen molar-refractivity contribution in [1.82, 2.24) is 14.5 Å². The number of benzene rings is 3. The molecule has 1 heterocycles. The van der Waals surface area contributed by atoms with E-state index in [0.29, 0.717) is 50.8 Å². The van der Waals surface area contributed by atoms with Gasteiger partial charge in [-0.05, 0) is 53.4 Å². The van der Waals surface area contributed by atoms with E-state index in [2.05, 4.69) is 5.32 Å². The number of amides is 2. The first-order valence-electron chi connectivity index (χ1n) is 14.7. The Balaban J connectivity index is 1.54. The summed E-state index contributed by atoms with van der Waals surface area (Å²) in [6.45, 7) is 5.65. The normalized spacial score (nSPS) is 14.5. The Morgan fingerprint density at radius 3 is 2.16 bits per heavy atom. The Hall–Kier alpha value is -3.93. The summed E-state index contributed by atoms with van der Waals surface area (Å²) in [6, 6.07) is 22.1. The lowest BCUT2D eigenvalue weighted by atomic mass is 10.0. The van der Waals surface area contributed by atoms with E-state index in [1.165, 1.54) is 28.6 Å². The minimum atomic E-state index is -3.66. The van der Waals surface area contributed by atoms with E-state index in [0.717, 1.165) is 11.1 Å². The molecule has 0 bridgehead atoms. The van der Waals surface area contributed by atoms with Crippen molar-refractivity contribution in [2.45, 2.75) is 37.8 Å². The summed E-state index contributed by atoms with van der Waals surface area (Å²) < 4.78 is 43.7. The van der Waals surface area contributed by atoms with Crippen molar-refractivity contribution < 1.29 is 32.2 Å². The Bertz CT molecular complexity index is 1460. The fourth-order valence-corrected chi connectivity index (χ4v) is 6.18. The highest BCUT2D eigenvalue weighted by Gasteiger charge is 2.31. The Kier molecular flexibility index (Phi) is 11.8. The molecule has 11 heteroatoms. The van der Waals surface area contributed by atoms with Gasteiger partial charge in [-0.2, -0.15) is 4.31 Å². The summed E-state index contributed by atoms with van der Waals surface area (Å²) in [5.41, 5.74) is 1.74. The van der Waals surface area contributed by atoms with Crippen molar-refractivity contribution in [3.63, 3.8) is 0 Å². The Morgan fingerprint density at radius 2 is 1.55 bits per heavy atom. The van der Waals surface area contributed by atoms with Gasteiger partial charge in [0.25, 0.3) is 5.91 Å². The number of carbonyl (C=O) groups excluding carboxylic acids is 2. The summed E-state index contributed by atoms with van der Waals surface area (Å²) in [7, 11) is -2.07. The smallest absolute Gasteiger partial charge is 0.261 e. The number of ether oxygens (including phenoxy) is 3. The average molecular weight is 624 g/mol. The number of carbonyl (C=O) groups is 2. The van der Waals surface area contributed by atoms with Gasteiger partial charge in [-0.15, -0.1) is 0 Å². The number of nitrogens with zero attached hydrogens (tertiary/aromatic N) is 2. The second kappa shape index (κ2) is 15.7. The van der Waals surface area contributed by atoms with Crippen LogP contribution >= 0.6 is 0 Å². The number of nitrogens with one attached hydrogen (secondary N) is 1. The van der Waals surface area contributed by atoms with Gasteiger partial charge in [0.05, 0.1) is 25.2 Å². The summed E-state index contributed by atoms with van der Waals surface area (Å²) in [5, 5.41) is 3.00. The van der Waals surface area contributed by atoms with Crippen LogP contribution in [0.3, 0.4) is 0 Å². The predicted octanol–water partition coefficient (Wildman–Crippen LogP) is 3.51. The van der Waals surface area contributed by atoms with Crippen molar-refractivity contribution in [3.8, 4) is 11.5 Å². The molecule has 0 aromatic heterocycles. The first kappa shape index (κ1) is 33.0. The van der Waals surface area contributed by atoms with Crippen LogP contribution in [0.15, 0.2) is 83.8 Å². The van der Waals surface area contributed by atoms with Gasteiger partial charge < -0.3 is 24.4 Å². The number of morpholine rings is 1. The van der Waals surface area contributed by atoms with E-state index >= 15 is 0 Å². The third-order valence-electron chi connectivity index (χ3n) is 7.26. The predicted molar refractivity (Wildman–Crippen MR) is 167 cm³/mol. The summed E-state index contributed by atoms with van der Waals surface area (Å²) in [6.07, 6.45) is 0.320. The molecule has 3 aromatic carbocycles. The molecule has 0 radical (unpaired) electrons. The molecule has 44 heavy (non-hydrogen) atoms. The molecule has 236 valence electrons. The topological polar surface area (TPSA) is 114 Å². The third kappa shape index (κ3) is 9.04. The molecule has 4 rings (SSSR count). The highest BCUT2D eigenvalue weighted by Crippen LogP contribution is 2.22. The minimum Gasteiger partial charge on any atom is -0.497 e. The molecular weight excluding hydrogens is 582 g/mol. The molecule has 0 saturated carbocycles. The maximum atomic E-state index is 13.8. The van der Waals surface area contributed by atoms with Gasteiger partial charge >= 0.3 is 0 Å². The molecular formula is C33H41N3O7S. The fraction of sp³-hybridized carbons (Fsp3) is 0.394. The third-order valence-corrected chi connectivity index (χ3v) is 9.17. The molecule has 3 aromatic rings. The maximum absolute atomic E-state index is 13.8. The molecule has 1 aliphatic rings. The van der Waals surface area contributed by atoms with Crippen molar-refractivity contribution in [2.75, 3.05) is 46.6 Å². The van der Waals surface area contributed by atoms with E-state index in [1.54, 1.807) is 12.0 Å². The van der Waals surface area contributed by atoms with Crippen LogP contribution < -0.4 is 14.8 Å². The van der Waals surface area contributed by atoms with Gasteiger partial charge in [-0.1, -0.05) is 56.3 Å². The molecule has 0 aliphatic carbocycles. The van der Waals surface area contributed by atoms with Crippen molar-refractivity contribution in [3.05, 3.63) is 90.0 Å². The van der Waals surface area contributed by atoms with E-state index in [9.17, 15) is 18.0 Å². The first-order valence-corrected chi connectivity index (χ1v) is 16.2. The van der Waals surface area contributed by atoms with Crippen molar-refractivity contribution >= 4 is 21.8 Å². The van der Waals surface area contributed by atoms with Crippen LogP contribution in [-0.2, 0) is 37.3 Å². The zero-order valence-corrected chi connectivity index (χ0v) is 26.3. The minimum absolute atomic E-state index is 0.143. The summed E-state index contributed by atoms with van der Waals surface area (Å²) in [4.78, 5) is 29.1. The number of methoxy groups -OCH3 is 1. The molecule has 1 atom stereocenters. The SMILES string of the molecule is COc1ccc(CN(C(=O)COc2ccc(S(=O)(=O)N3CCOCC3)cc2)[C@H](Cc2ccccc2)C(=O)NCC(C)C)cc1. The molecule has 1 aliphatic heterocycles. The first-order chi connectivity index (χ1) is 21.2. The van der Waals surface area contributed by atoms with Crippen LogP contribution in [0.1, 0.15) is 25.0 Å². The molecule has 2 amide bonds. The van der Waals surface area contributed by atoms with Gasteiger partial charge in [0.2, 0.25) is 15.9 Å². The average Bonchev–Trinajstić information content (AvgIpc) is 3.05. The largest absolute Gasteiger partial charge is 0.497 e. The Labute approximate surface area is 260 Å². The number of rotatable bonds is 14. The van der Waals surface area contributed by atoms with Crippen LogP contribution in [0, 0.1) is 5.92 Å². The molecule has 1 saturated heterocycles. The van der Waals surface area contributed by atoms with Crippen LogP contribution in [0.2, 0.25) is 0 Å².